The fourth-order valence-corrected chi connectivity index (χ4v) is 8.08. The number of cyclic esters (lactones) is 1. The predicted octanol–water partition coefficient (Wildman–Crippen LogP) is 5.60. The fourth-order valence-electron chi connectivity index (χ4n) is 7.95. The van der Waals surface area contributed by atoms with Crippen LogP contribution in [0.5, 0.6) is 0 Å². The standard InChI is InChI=1S/C42H61ClN2O10/c1-11-34-42(8,50)35-20-32(44-28(6)46)24(2)21-41(7,52-23-30(22-51-35)14-12-13-29-15-17-31(43)18-16-29)38(26(4)36(47)27(5)39(49)54-34)55-40-37(48)33(45(9)10)19-25(3)53-40/h12-18,24-27,33-35,37-38,40,48,50H,11,19-23H2,1-10H3/b13-12+,30-14-,44-32?/t24-,25-,26+,27-,33+,34+,35+,37-,38-,40+,41-,42-/m1/s1. The molecule has 1 aromatic carbocycles. The molecule has 3 aliphatic heterocycles. The summed E-state index contributed by atoms with van der Waals surface area (Å²) in [7, 11) is 3.75. The summed E-state index contributed by atoms with van der Waals surface area (Å²) in [6.45, 7) is 13.5. The van der Waals surface area contributed by atoms with Gasteiger partial charge in [0.2, 0.25) is 5.91 Å². The van der Waals surface area contributed by atoms with Gasteiger partial charge in [0.05, 0.1) is 37.1 Å². The van der Waals surface area contributed by atoms with Crippen LogP contribution in [0, 0.1) is 17.8 Å². The van der Waals surface area contributed by atoms with Crippen LogP contribution in [0.25, 0.3) is 6.08 Å². The van der Waals surface area contributed by atoms with Crippen molar-refractivity contribution in [3.63, 3.8) is 0 Å². The molecule has 0 radical (unpaired) electrons. The average molecular weight is 789 g/mol. The van der Waals surface area contributed by atoms with Gasteiger partial charge in [0, 0.05) is 36.0 Å². The maximum Gasteiger partial charge on any atom is 0.316 e. The molecule has 306 valence electrons. The van der Waals surface area contributed by atoms with Crippen molar-refractivity contribution in [3.05, 3.63) is 52.6 Å². The summed E-state index contributed by atoms with van der Waals surface area (Å²) in [5.41, 5.74) is -1.01. The highest BCUT2D eigenvalue weighted by Gasteiger charge is 2.51. The molecule has 4 rings (SSSR count). The Bertz CT molecular complexity index is 1590. The number of fused-ring (bicyclic) bond motifs is 5. The van der Waals surface area contributed by atoms with Crippen LogP contribution < -0.4 is 0 Å². The van der Waals surface area contributed by atoms with Gasteiger partial charge in [-0.2, -0.15) is 0 Å². The number of aliphatic hydroxyl groups excluding tert-OH is 1. The number of nitrogens with zero attached hydrogens (tertiary/aromatic N) is 2. The van der Waals surface area contributed by atoms with E-state index in [2.05, 4.69) is 4.99 Å². The topological polar surface area (TPSA) is 153 Å². The molecule has 1 amide bonds. The minimum absolute atomic E-state index is 0.00312. The summed E-state index contributed by atoms with van der Waals surface area (Å²) >= 11 is 6.10. The second kappa shape index (κ2) is 19.1. The van der Waals surface area contributed by atoms with E-state index in [4.69, 9.17) is 35.3 Å². The maximum atomic E-state index is 14.4. The molecule has 2 N–H and O–H groups in total. The number of amides is 1. The molecule has 0 saturated carbocycles. The third-order valence-corrected chi connectivity index (χ3v) is 11.6. The van der Waals surface area contributed by atoms with Crippen molar-refractivity contribution >= 4 is 41.0 Å². The number of likely N-dealkylation sites (N-methyl/N-ethyl adjacent to an activating group) is 1. The van der Waals surface area contributed by atoms with Crippen molar-refractivity contribution in [2.45, 2.75) is 135 Å². The van der Waals surface area contributed by atoms with E-state index >= 15 is 0 Å². The van der Waals surface area contributed by atoms with Gasteiger partial charge in [-0.15, -0.1) is 0 Å². The molecule has 3 saturated heterocycles. The van der Waals surface area contributed by atoms with Crippen LogP contribution >= 0.6 is 11.6 Å². The highest BCUT2D eigenvalue weighted by atomic mass is 35.5. The van der Waals surface area contributed by atoms with E-state index in [1.807, 2.05) is 70.1 Å². The van der Waals surface area contributed by atoms with Crippen LogP contribution in [0.2, 0.25) is 5.02 Å². The van der Waals surface area contributed by atoms with E-state index in [-0.39, 0.29) is 44.6 Å². The number of hydrogen-bond donors (Lipinski definition) is 2. The maximum absolute atomic E-state index is 14.4. The van der Waals surface area contributed by atoms with Gasteiger partial charge < -0.3 is 38.8 Å². The van der Waals surface area contributed by atoms with Gasteiger partial charge in [-0.25, -0.2) is 4.99 Å². The molecular weight excluding hydrogens is 728 g/mol. The fraction of sp³-hybridized carbons (Fsp3) is 0.667. The van der Waals surface area contributed by atoms with E-state index < -0.39 is 77.3 Å². The first-order valence-corrected chi connectivity index (χ1v) is 19.7. The zero-order valence-corrected chi connectivity index (χ0v) is 34.7. The number of aliphatic hydroxyl groups is 2. The Labute approximate surface area is 331 Å². The van der Waals surface area contributed by atoms with Gasteiger partial charge in [0.15, 0.2) is 12.1 Å². The number of ether oxygens (including phenoxy) is 5. The first kappa shape index (κ1) is 44.9. The average Bonchev–Trinajstić information content (AvgIpc) is 3.14. The number of benzene rings is 1. The first-order chi connectivity index (χ1) is 25.8. The summed E-state index contributed by atoms with van der Waals surface area (Å²) in [5.74, 6) is -4.35. The van der Waals surface area contributed by atoms with Crippen molar-refractivity contribution in [1.29, 1.82) is 0 Å². The molecule has 3 fully saturated rings. The Hall–Kier alpha value is -2.81. The lowest BCUT2D eigenvalue weighted by Gasteiger charge is -2.47. The van der Waals surface area contributed by atoms with Gasteiger partial charge in [-0.1, -0.05) is 62.7 Å². The zero-order valence-electron chi connectivity index (χ0n) is 34.0. The highest BCUT2D eigenvalue weighted by molar-refractivity contribution is 6.30. The van der Waals surface area contributed by atoms with Crippen molar-refractivity contribution in [2.24, 2.45) is 22.7 Å². The van der Waals surface area contributed by atoms with Crippen molar-refractivity contribution in [2.75, 3.05) is 27.3 Å². The molecule has 0 aromatic heterocycles. The molecule has 2 bridgehead atoms. The van der Waals surface area contributed by atoms with Crippen LogP contribution in [0.1, 0.15) is 86.6 Å². The number of ketones is 1. The van der Waals surface area contributed by atoms with Gasteiger partial charge in [-0.05, 0) is 90.2 Å². The first-order valence-electron chi connectivity index (χ1n) is 19.3. The van der Waals surface area contributed by atoms with E-state index in [0.29, 0.717) is 22.7 Å². The third kappa shape index (κ3) is 11.2. The smallest absolute Gasteiger partial charge is 0.316 e. The second-order valence-corrected chi connectivity index (χ2v) is 16.6. The Morgan fingerprint density at radius 3 is 2.40 bits per heavy atom. The van der Waals surface area contributed by atoms with Crippen molar-refractivity contribution in [1.82, 2.24) is 4.90 Å². The van der Waals surface area contributed by atoms with Gasteiger partial charge in [-0.3, -0.25) is 14.4 Å². The minimum Gasteiger partial charge on any atom is -0.459 e. The van der Waals surface area contributed by atoms with E-state index in [1.165, 1.54) is 13.8 Å². The molecule has 55 heavy (non-hydrogen) atoms. The molecule has 3 heterocycles. The van der Waals surface area contributed by atoms with Gasteiger partial charge >= 0.3 is 5.97 Å². The number of halogens is 1. The number of carbonyl (C=O) groups is 3. The number of allylic oxidation sites excluding steroid dienone is 2. The summed E-state index contributed by atoms with van der Waals surface area (Å²) in [6.07, 6.45) is 1.04. The zero-order chi connectivity index (χ0) is 40.8. The molecule has 1 aromatic rings. The normalized spacial score (nSPS) is 38.8. The predicted molar refractivity (Wildman–Crippen MR) is 211 cm³/mol. The van der Waals surface area contributed by atoms with Crippen LogP contribution in [-0.2, 0) is 38.1 Å². The Morgan fingerprint density at radius 2 is 1.78 bits per heavy atom. The summed E-state index contributed by atoms with van der Waals surface area (Å²) in [6, 6.07) is 7.09. The Balaban J connectivity index is 1.93. The summed E-state index contributed by atoms with van der Waals surface area (Å²) in [4.78, 5) is 47.2. The van der Waals surface area contributed by atoms with Crippen LogP contribution in [0.3, 0.4) is 0 Å². The van der Waals surface area contributed by atoms with Crippen molar-refractivity contribution in [3.8, 4) is 0 Å². The molecule has 3 aliphatic rings. The Morgan fingerprint density at radius 1 is 1.11 bits per heavy atom. The lowest BCUT2D eigenvalue weighted by atomic mass is 9.76. The largest absolute Gasteiger partial charge is 0.459 e. The molecule has 0 spiro atoms. The molecule has 12 atom stereocenters. The van der Waals surface area contributed by atoms with Gasteiger partial charge in [0.1, 0.15) is 23.7 Å². The number of hydrogen-bond acceptors (Lipinski definition) is 11. The van der Waals surface area contributed by atoms with E-state index in [9.17, 15) is 24.6 Å². The Kier molecular flexibility index (Phi) is 15.6. The minimum atomic E-state index is -1.76. The molecule has 12 nitrogen and oxygen atoms in total. The molecule has 0 unspecified atom stereocenters. The summed E-state index contributed by atoms with van der Waals surface area (Å²) < 4.78 is 32.4. The van der Waals surface area contributed by atoms with Crippen LogP contribution in [0.4, 0.5) is 0 Å². The number of carbonyl (C=O) groups excluding carboxylic acids is 3. The second-order valence-electron chi connectivity index (χ2n) is 16.2. The molecule has 0 aliphatic carbocycles. The van der Waals surface area contributed by atoms with Crippen LogP contribution in [-0.4, -0.2) is 120 Å². The third-order valence-electron chi connectivity index (χ3n) is 11.3. The lowest BCUT2D eigenvalue weighted by Crippen LogP contribution is -2.59. The van der Waals surface area contributed by atoms with E-state index in [0.717, 1.165) is 5.56 Å². The number of aliphatic imine (C=N–C) groups is 1. The molecule has 13 heteroatoms. The van der Waals surface area contributed by atoms with E-state index in [1.54, 1.807) is 32.9 Å². The molecular formula is C42H61ClN2O10. The lowest BCUT2D eigenvalue weighted by molar-refractivity contribution is -0.296. The summed E-state index contributed by atoms with van der Waals surface area (Å²) in [5, 5.41) is 24.4. The quantitative estimate of drug-likeness (QED) is 0.274. The number of Topliss-reactive ketones (excluding diaryl/α,β-unsaturated/α-hetero) is 1. The number of rotatable bonds is 6. The monoisotopic (exact) mass is 788 g/mol. The van der Waals surface area contributed by atoms with Crippen LogP contribution in [0.15, 0.2) is 47.0 Å². The SMILES string of the molecule is CC[C@@H]1OC(=O)[C@H](C)C(=O)[C@H](C)[C@@H](O[C@@H]2O[C@H](C)C[C@H](N(C)C)[C@H]2O)[C@@]2(C)C[C@@H](C)C(=NC(C)=O)C[C@H](OC/C(=C/C=C/c3ccc(Cl)cc3)CO2)[C@]1(C)O. The highest BCUT2D eigenvalue weighted by Crippen LogP contribution is 2.39. The van der Waals surface area contributed by atoms with Crippen molar-refractivity contribution < 1.29 is 48.3 Å². The van der Waals surface area contributed by atoms with Gasteiger partial charge in [0.25, 0.3) is 0 Å². The number of esters is 1.